The Morgan fingerprint density at radius 2 is 1.97 bits per heavy atom. The second-order valence-corrected chi connectivity index (χ2v) is 9.62. The molecule has 2 heterocycles. The fourth-order valence-corrected chi connectivity index (χ4v) is 4.73. The monoisotopic (exact) mass is 422 g/mol. The lowest BCUT2D eigenvalue weighted by molar-refractivity contribution is 0.142. The molecular formula is C24H34N6O. The van der Waals surface area contributed by atoms with Crippen molar-refractivity contribution in [3.8, 4) is 0 Å². The van der Waals surface area contributed by atoms with Crippen LogP contribution in [0.25, 0.3) is 10.9 Å². The zero-order chi connectivity index (χ0) is 22.2. The predicted molar refractivity (Wildman–Crippen MR) is 123 cm³/mol. The van der Waals surface area contributed by atoms with Crippen LogP contribution in [0.4, 0.5) is 0 Å². The fraction of sp³-hybridized carbons (Fsp3) is 0.583. The second-order valence-electron chi connectivity index (χ2n) is 9.62. The maximum absolute atomic E-state index is 13.3. The number of fused-ring (bicyclic) bond motifs is 1. The standard InChI is InChI=1S/C24H34N6O/c1-6-24(3,4)30-22(26-27-28-30)21(29(5)18-10-8-7-9-11-18)19-15-17-14-16(2)12-13-20(17)25-23(19)31/h12-15,18,21H,6-11H2,1-5H3,(H,25,31)/t21-/m0/s1. The van der Waals surface area contributed by atoms with Gasteiger partial charge in [0.2, 0.25) is 0 Å². The van der Waals surface area contributed by atoms with E-state index in [1.807, 2.05) is 22.9 Å². The van der Waals surface area contributed by atoms with Crippen LogP contribution in [-0.2, 0) is 5.54 Å². The zero-order valence-corrected chi connectivity index (χ0v) is 19.4. The van der Waals surface area contributed by atoms with Crippen LogP contribution in [0.1, 0.15) is 82.3 Å². The third kappa shape index (κ3) is 4.15. The molecule has 0 bridgehead atoms. The maximum atomic E-state index is 13.3. The number of aryl methyl sites for hydroxylation is 1. The first-order valence-corrected chi connectivity index (χ1v) is 11.5. The molecule has 1 aromatic carbocycles. The molecule has 7 heteroatoms. The third-order valence-electron chi connectivity index (χ3n) is 7.06. The summed E-state index contributed by atoms with van der Waals surface area (Å²) >= 11 is 0. The summed E-state index contributed by atoms with van der Waals surface area (Å²) in [6.45, 7) is 8.48. The van der Waals surface area contributed by atoms with Gasteiger partial charge in [-0.2, -0.15) is 0 Å². The Kier molecular flexibility index (Phi) is 5.97. The van der Waals surface area contributed by atoms with Crippen LogP contribution in [0.5, 0.6) is 0 Å². The third-order valence-corrected chi connectivity index (χ3v) is 7.06. The molecule has 1 N–H and O–H groups in total. The van der Waals surface area contributed by atoms with E-state index in [2.05, 4.69) is 66.2 Å². The summed E-state index contributed by atoms with van der Waals surface area (Å²) in [5.74, 6) is 0.734. The van der Waals surface area contributed by atoms with Gasteiger partial charge in [0.1, 0.15) is 6.04 Å². The fourth-order valence-electron chi connectivity index (χ4n) is 4.73. The van der Waals surface area contributed by atoms with Crippen molar-refractivity contribution in [1.82, 2.24) is 30.1 Å². The highest BCUT2D eigenvalue weighted by molar-refractivity contribution is 5.79. The van der Waals surface area contributed by atoms with Gasteiger partial charge in [-0.15, -0.1) is 5.10 Å². The van der Waals surface area contributed by atoms with Crippen LogP contribution >= 0.6 is 0 Å². The molecule has 0 spiro atoms. The minimum atomic E-state index is -0.308. The summed E-state index contributed by atoms with van der Waals surface area (Å²) in [5.41, 5.74) is 2.40. The molecule has 7 nitrogen and oxygen atoms in total. The van der Waals surface area contributed by atoms with E-state index in [0.717, 1.165) is 36.0 Å². The van der Waals surface area contributed by atoms with E-state index in [1.165, 1.54) is 24.8 Å². The molecule has 0 saturated heterocycles. The van der Waals surface area contributed by atoms with Crippen LogP contribution in [0, 0.1) is 6.92 Å². The minimum absolute atomic E-state index is 0.0760. The number of H-pyrrole nitrogens is 1. The lowest BCUT2D eigenvalue weighted by atomic mass is 9.91. The normalized spacial score (nSPS) is 16.8. The molecule has 1 saturated carbocycles. The van der Waals surface area contributed by atoms with E-state index in [1.54, 1.807) is 0 Å². The minimum Gasteiger partial charge on any atom is -0.322 e. The number of hydrogen-bond donors (Lipinski definition) is 1. The number of benzene rings is 1. The molecule has 3 aromatic rings. The van der Waals surface area contributed by atoms with Crippen LogP contribution in [0.15, 0.2) is 29.1 Å². The molecule has 31 heavy (non-hydrogen) atoms. The van der Waals surface area contributed by atoms with Crippen LogP contribution in [-0.4, -0.2) is 43.2 Å². The quantitative estimate of drug-likeness (QED) is 0.640. The van der Waals surface area contributed by atoms with Gasteiger partial charge in [0.15, 0.2) is 5.82 Å². The Morgan fingerprint density at radius 1 is 1.23 bits per heavy atom. The highest BCUT2D eigenvalue weighted by Gasteiger charge is 2.35. The molecule has 1 fully saturated rings. The van der Waals surface area contributed by atoms with Crippen molar-refractivity contribution in [2.75, 3.05) is 7.05 Å². The molecule has 4 rings (SSSR count). The summed E-state index contributed by atoms with van der Waals surface area (Å²) < 4.78 is 1.91. The maximum Gasteiger partial charge on any atom is 0.253 e. The van der Waals surface area contributed by atoms with Crippen molar-refractivity contribution in [2.45, 2.75) is 83.8 Å². The predicted octanol–water partition coefficient (Wildman–Crippen LogP) is 4.32. The molecule has 0 radical (unpaired) electrons. The number of nitrogens with zero attached hydrogens (tertiary/aromatic N) is 5. The molecule has 0 aliphatic heterocycles. The summed E-state index contributed by atoms with van der Waals surface area (Å²) in [7, 11) is 2.12. The van der Waals surface area contributed by atoms with Crippen LogP contribution < -0.4 is 5.56 Å². The van der Waals surface area contributed by atoms with E-state index in [9.17, 15) is 4.79 Å². The Hall–Kier alpha value is -2.54. The molecule has 1 aliphatic rings. The summed E-state index contributed by atoms with van der Waals surface area (Å²) in [6, 6.07) is 8.24. The first-order valence-electron chi connectivity index (χ1n) is 11.5. The van der Waals surface area contributed by atoms with Gasteiger partial charge in [0, 0.05) is 17.1 Å². The molecule has 2 aromatic heterocycles. The Balaban J connectivity index is 1.90. The number of aromatic nitrogens is 5. The van der Waals surface area contributed by atoms with E-state index in [4.69, 9.17) is 0 Å². The average Bonchev–Trinajstić information content (AvgIpc) is 3.25. The van der Waals surface area contributed by atoms with E-state index in [-0.39, 0.29) is 17.1 Å². The number of rotatable bonds is 6. The lowest BCUT2D eigenvalue weighted by Gasteiger charge is -2.37. The SMILES string of the molecule is CCC(C)(C)n1nnnc1[C@H](c1cc2cc(C)ccc2[nH]c1=O)N(C)C1CCCCC1. The smallest absolute Gasteiger partial charge is 0.253 e. The number of aromatic amines is 1. The largest absolute Gasteiger partial charge is 0.322 e. The van der Waals surface area contributed by atoms with Crippen molar-refractivity contribution >= 4 is 10.9 Å². The average molecular weight is 423 g/mol. The van der Waals surface area contributed by atoms with E-state index in [0.29, 0.717) is 11.6 Å². The molecule has 166 valence electrons. The van der Waals surface area contributed by atoms with Gasteiger partial charge in [-0.1, -0.05) is 37.8 Å². The number of pyridine rings is 1. The first kappa shape index (κ1) is 21.7. The van der Waals surface area contributed by atoms with E-state index < -0.39 is 0 Å². The van der Waals surface area contributed by atoms with Crippen molar-refractivity contribution in [3.63, 3.8) is 0 Å². The summed E-state index contributed by atoms with van der Waals surface area (Å²) in [5, 5.41) is 13.9. The van der Waals surface area contributed by atoms with Crippen molar-refractivity contribution in [3.05, 3.63) is 51.6 Å². The lowest BCUT2D eigenvalue weighted by Crippen LogP contribution is -2.42. The van der Waals surface area contributed by atoms with Gasteiger partial charge in [-0.05, 0) is 81.1 Å². The molecular weight excluding hydrogens is 388 g/mol. The number of nitrogens with one attached hydrogen (secondary N) is 1. The van der Waals surface area contributed by atoms with E-state index >= 15 is 0 Å². The Labute approximate surface area is 183 Å². The highest BCUT2D eigenvalue weighted by Crippen LogP contribution is 2.34. The van der Waals surface area contributed by atoms with Gasteiger partial charge in [-0.25, -0.2) is 4.68 Å². The first-order chi connectivity index (χ1) is 14.8. The van der Waals surface area contributed by atoms with Gasteiger partial charge in [0.05, 0.1) is 5.54 Å². The number of hydrogen-bond acceptors (Lipinski definition) is 5. The van der Waals surface area contributed by atoms with Crippen molar-refractivity contribution in [1.29, 1.82) is 0 Å². The van der Waals surface area contributed by atoms with Gasteiger partial charge in [-0.3, -0.25) is 9.69 Å². The Bertz CT molecular complexity index is 1110. The Morgan fingerprint density at radius 3 is 2.68 bits per heavy atom. The molecule has 0 unspecified atom stereocenters. The number of tetrazole rings is 1. The second kappa shape index (κ2) is 8.54. The van der Waals surface area contributed by atoms with Crippen LogP contribution in [0.3, 0.4) is 0 Å². The van der Waals surface area contributed by atoms with Gasteiger partial charge < -0.3 is 4.98 Å². The summed E-state index contributed by atoms with van der Waals surface area (Å²) in [6.07, 6.45) is 6.89. The highest BCUT2D eigenvalue weighted by atomic mass is 16.1. The van der Waals surface area contributed by atoms with Gasteiger partial charge in [0.25, 0.3) is 5.56 Å². The molecule has 0 amide bonds. The van der Waals surface area contributed by atoms with Crippen molar-refractivity contribution < 1.29 is 0 Å². The molecule has 1 aliphatic carbocycles. The van der Waals surface area contributed by atoms with Crippen LogP contribution in [0.2, 0.25) is 0 Å². The zero-order valence-electron chi connectivity index (χ0n) is 19.4. The van der Waals surface area contributed by atoms with Gasteiger partial charge >= 0.3 is 0 Å². The topological polar surface area (TPSA) is 79.7 Å². The molecule has 1 atom stereocenters. The van der Waals surface area contributed by atoms with Crippen molar-refractivity contribution in [2.24, 2.45) is 0 Å². The summed E-state index contributed by atoms with van der Waals surface area (Å²) in [4.78, 5) is 18.7.